The Balaban J connectivity index is 3.63. The molecule has 0 radical (unpaired) electrons. The van der Waals surface area contributed by atoms with Crippen molar-refractivity contribution < 1.29 is 29.3 Å². The number of ether oxygens (including phenoxy) is 2. The number of hydrogen-bond donors (Lipinski definition) is 2. The highest BCUT2D eigenvalue weighted by molar-refractivity contribution is 5.85. The maximum Gasteiger partial charge on any atom is 0.338 e. The molecule has 2 N–H and O–H groups in total. The second kappa shape index (κ2) is 25.0. The van der Waals surface area contributed by atoms with E-state index >= 15 is 0 Å². The van der Waals surface area contributed by atoms with Crippen molar-refractivity contribution in [2.75, 3.05) is 13.2 Å². The predicted octanol–water partition coefficient (Wildman–Crippen LogP) is 6.64. The third-order valence-corrected chi connectivity index (χ3v) is 6.27. The lowest BCUT2D eigenvalue weighted by Gasteiger charge is -2.16. The van der Waals surface area contributed by atoms with Crippen LogP contribution < -0.4 is 0 Å². The first-order valence-electron chi connectivity index (χ1n) is 14.2. The Bertz CT molecular complexity index is 426. The van der Waals surface area contributed by atoms with E-state index < -0.39 is 24.1 Å². The summed E-state index contributed by atoms with van der Waals surface area (Å²) in [5.41, 5.74) is 0. The minimum Gasteiger partial charge on any atom is -0.464 e. The number of aliphatic hydroxyl groups is 2. The molecule has 0 unspecified atom stereocenters. The van der Waals surface area contributed by atoms with Crippen LogP contribution in [0.4, 0.5) is 0 Å². The number of carbonyl (C=O) groups excluding carboxylic acids is 2. The lowest BCUT2D eigenvalue weighted by Crippen LogP contribution is -2.41. The van der Waals surface area contributed by atoms with Crippen molar-refractivity contribution in [3.8, 4) is 0 Å². The number of aliphatic hydroxyl groups excluding tert-OH is 2. The molecule has 0 aromatic carbocycles. The zero-order valence-corrected chi connectivity index (χ0v) is 22.2. The van der Waals surface area contributed by atoms with Crippen LogP contribution in [0.15, 0.2) is 0 Å². The molecule has 0 aliphatic heterocycles. The monoisotopic (exact) mass is 486 g/mol. The Morgan fingerprint density at radius 3 is 0.971 bits per heavy atom. The second-order valence-corrected chi connectivity index (χ2v) is 9.59. The summed E-state index contributed by atoms with van der Waals surface area (Å²) in [5, 5.41) is 19.7. The number of unbranched alkanes of at least 4 members (excludes halogenated alkanes) is 18. The molecule has 0 aromatic heterocycles. The highest BCUT2D eigenvalue weighted by Gasteiger charge is 2.32. The lowest BCUT2D eigenvalue weighted by atomic mass is 10.1. The van der Waals surface area contributed by atoms with Crippen molar-refractivity contribution >= 4 is 11.9 Å². The first-order valence-corrected chi connectivity index (χ1v) is 14.2. The number of carbonyl (C=O) groups is 2. The van der Waals surface area contributed by atoms with Gasteiger partial charge in [0.05, 0.1) is 13.2 Å². The highest BCUT2D eigenvalue weighted by atomic mass is 16.6. The van der Waals surface area contributed by atoms with Gasteiger partial charge in [-0.15, -0.1) is 0 Å². The van der Waals surface area contributed by atoms with Crippen molar-refractivity contribution in [1.29, 1.82) is 0 Å². The molecular weight excluding hydrogens is 432 g/mol. The third kappa shape index (κ3) is 20.3. The van der Waals surface area contributed by atoms with Crippen LogP contribution in [0.1, 0.15) is 142 Å². The zero-order valence-electron chi connectivity index (χ0n) is 22.2. The van der Waals surface area contributed by atoms with Crippen LogP contribution in [0.5, 0.6) is 0 Å². The van der Waals surface area contributed by atoms with Gasteiger partial charge in [0.15, 0.2) is 12.2 Å². The minimum absolute atomic E-state index is 0.187. The molecule has 0 fully saturated rings. The van der Waals surface area contributed by atoms with Gasteiger partial charge in [-0.2, -0.15) is 0 Å². The summed E-state index contributed by atoms with van der Waals surface area (Å²) in [4.78, 5) is 23.7. The van der Waals surface area contributed by atoms with Gasteiger partial charge in [-0.3, -0.25) is 0 Å². The molecule has 0 spiro atoms. The molecule has 202 valence electrons. The Morgan fingerprint density at radius 1 is 0.471 bits per heavy atom. The van der Waals surface area contributed by atoms with E-state index in [-0.39, 0.29) is 13.2 Å². The van der Waals surface area contributed by atoms with E-state index in [1.165, 1.54) is 89.9 Å². The van der Waals surface area contributed by atoms with Gasteiger partial charge in [-0.1, -0.05) is 129 Å². The van der Waals surface area contributed by atoms with E-state index in [1.54, 1.807) is 0 Å². The first kappa shape index (κ1) is 32.9. The Kier molecular flexibility index (Phi) is 24.1. The van der Waals surface area contributed by atoms with Crippen molar-refractivity contribution in [3.63, 3.8) is 0 Å². The quantitative estimate of drug-likeness (QED) is 0.111. The van der Waals surface area contributed by atoms with Crippen LogP contribution in [-0.4, -0.2) is 47.6 Å². The number of esters is 2. The summed E-state index contributed by atoms with van der Waals surface area (Å²) in [6.07, 6.45) is 19.6. The summed E-state index contributed by atoms with van der Waals surface area (Å²) in [6, 6.07) is 0. The summed E-state index contributed by atoms with van der Waals surface area (Å²) >= 11 is 0. The standard InChI is InChI=1S/C28H54O6/c1-3-5-7-9-11-13-15-17-19-21-23-33-27(31)25(29)26(30)28(32)34-24-22-20-18-16-14-12-10-8-6-4-2/h25-26,29-30H,3-24H2,1-2H3/t25-,26-/m1/s1. The molecule has 34 heavy (non-hydrogen) atoms. The average Bonchev–Trinajstić information content (AvgIpc) is 2.84. The molecule has 6 heteroatoms. The Labute approximate surface area is 209 Å². The van der Waals surface area contributed by atoms with Gasteiger partial charge in [-0.05, 0) is 12.8 Å². The van der Waals surface area contributed by atoms with Gasteiger partial charge in [0.25, 0.3) is 0 Å². The Hall–Kier alpha value is -1.14. The second-order valence-electron chi connectivity index (χ2n) is 9.59. The zero-order chi connectivity index (χ0) is 25.3. The first-order chi connectivity index (χ1) is 16.5. The SMILES string of the molecule is CCCCCCCCCCCCOC(=O)[C@H](O)[C@@H](O)C(=O)OCCCCCCCCCCCC. The van der Waals surface area contributed by atoms with E-state index in [1.807, 2.05) is 0 Å². The highest BCUT2D eigenvalue weighted by Crippen LogP contribution is 2.12. The van der Waals surface area contributed by atoms with Crippen LogP contribution in [-0.2, 0) is 19.1 Å². The molecular formula is C28H54O6. The van der Waals surface area contributed by atoms with E-state index in [0.29, 0.717) is 12.8 Å². The number of rotatable bonds is 25. The van der Waals surface area contributed by atoms with Crippen LogP contribution in [0.25, 0.3) is 0 Å². The van der Waals surface area contributed by atoms with Crippen molar-refractivity contribution in [3.05, 3.63) is 0 Å². The number of hydrogen-bond acceptors (Lipinski definition) is 6. The topological polar surface area (TPSA) is 93.1 Å². The molecule has 0 aliphatic carbocycles. The van der Waals surface area contributed by atoms with E-state index in [4.69, 9.17) is 9.47 Å². The van der Waals surface area contributed by atoms with Crippen molar-refractivity contribution in [1.82, 2.24) is 0 Å². The molecule has 0 saturated heterocycles. The molecule has 0 rings (SSSR count). The van der Waals surface area contributed by atoms with Gasteiger partial charge >= 0.3 is 11.9 Å². The average molecular weight is 487 g/mol. The van der Waals surface area contributed by atoms with E-state index in [9.17, 15) is 19.8 Å². The Morgan fingerprint density at radius 2 is 0.706 bits per heavy atom. The van der Waals surface area contributed by atoms with Crippen LogP contribution in [0, 0.1) is 0 Å². The van der Waals surface area contributed by atoms with Crippen LogP contribution in [0.2, 0.25) is 0 Å². The maximum absolute atomic E-state index is 11.9. The molecule has 6 nitrogen and oxygen atoms in total. The summed E-state index contributed by atoms with van der Waals surface area (Å²) in [5.74, 6) is -1.95. The summed E-state index contributed by atoms with van der Waals surface area (Å²) in [7, 11) is 0. The molecule has 0 bridgehead atoms. The van der Waals surface area contributed by atoms with Crippen LogP contribution >= 0.6 is 0 Å². The fraction of sp³-hybridized carbons (Fsp3) is 0.929. The predicted molar refractivity (Wildman–Crippen MR) is 138 cm³/mol. The van der Waals surface area contributed by atoms with Crippen LogP contribution in [0.3, 0.4) is 0 Å². The third-order valence-electron chi connectivity index (χ3n) is 6.27. The summed E-state index contributed by atoms with van der Waals surface area (Å²) < 4.78 is 10.0. The van der Waals surface area contributed by atoms with Gasteiger partial charge in [0.2, 0.25) is 0 Å². The van der Waals surface area contributed by atoms with E-state index in [2.05, 4.69) is 13.8 Å². The minimum atomic E-state index is -1.90. The van der Waals surface area contributed by atoms with Gasteiger partial charge in [0, 0.05) is 0 Å². The lowest BCUT2D eigenvalue weighted by molar-refractivity contribution is -0.173. The molecule has 0 heterocycles. The summed E-state index contributed by atoms with van der Waals surface area (Å²) in [6.45, 7) is 4.82. The fourth-order valence-electron chi connectivity index (χ4n) is 3.95. The van der Waals surface area contributed by atoms with Crippen molar-refractivity contribution in [2.24, 2.45) is 0 Å². The van der Waals surface area contributed by atoms with Gasteiger partial charge in [0.1, 0.15) is 0 Å². The molecule has 0 amide bonds. The largest absolute Gasteiger partial charge is 0.464 e. The van der Waals surface area contributed by atoms with E-state index in [0.717, 1.165) is 25.7 Å². The van der Waals surface area contributed by atoms with Crippen molar-refractivity contribution in [2.45, 2.75) is 154 Å². The molecule has 2 atom stereocenters. The van der Waals surface area contributed by atoms with Gasteiger partial charge < -0.3 is 19.7 Å². The molecule has 0 aliphatic rings. The smallest absolute Gasteiger partial charge is 0.338 e. The fourth-order valence-corrected chi connectivity index (χ4v) is 3.95. The normalized spacial score (nSPS) is 12.9. The molecule has 0 saturated carbocycles. The van der Waals surface area contributed by atoms with Gasteiger partial charge in [-0.25, -0.2) is 9.59 Å². The maximum atomic E-state index is 11.9. The molecule has 0 aromatic rings.